The number of rotatable bonds is 6. The fourth-order valence-electron chi connectivity index (χ4n) is 3.38. The summed E-state index contributed by atoms with van der Waals surface area (Å²) in [5.74, 6) is 1.62. The van der Waals surface area contributed by atoms with Crippen LogP contribution >= 0.6 is 0 Å². The lowest BCUT2D eigenvalue weighted by atomic mass is 10.1. The lowest BCUT2D eigenvalue weighted by Crippen LogP contribution is -2.31. The van der Waals surface area contributed by atoms with E-state index in [4.69, 9.17) is 4.74 Å². The molecule has 0 radical (unpaired) electrons. The topological polar surface area (TPSA) is 97.3 Å². The Morgan fingerprint density at radius 3 is 2.62 bits per heavy atom. The molecular formula is C20H21N5O3S. The quantitative estimate of drug-likeness (QED) is 0.665. The lowest BCUT2D eigenvalue weighted by molar-refractivity contribution is 0.390. The summed E-state index contributed by atoms with van der Waals surface area (Å²) >= 11 is 0. The monoisotopic (exact) mass is 411 g/mol. The Kier molecular flexibility index (Phi) is 5.41. The molecule has 0 aliphatic carbocycles. The first-order chi connectivity index (χ1) is 14.1. The minimum Gasteiger partial charge on any atom is -0.497 e. The maximum atomic E-state index is 13.2. The molecule has 1 aliphatic rings. The predicted octanol–water partition coefficient (Wildman–Crippen LogP) is 3.15. The number of nitrogens with zero attached hydrogens (tertiary/aromatic N) is 4. The van der Waals surface area contributed by atoms with Crippen molar-refractivity contribution >= 4 is 21.8 Å². The second-order valence-electron chi connectivity index (χ2n) is 6.59. The average molecular weight is 411 g/mol. The molecular weight excluding hydrogens is 390 g/mol. The van der Waals surface area contributed by atoms with Gasteiger partial charge in [-0.15, -0.1) is 0 Å². The highest BCUT2D eigenvalue weighted by Crippen LogP contribution is 2.36. The van der Waals surface area contributed by atoms with Crippen molar-refractivity contribution in [2.24, 2.45) is 0 Å². The van der Waals surface area contributed by atoms with Gasteiger partial charge in [0.2, 0.25) is 16.0 Å². The van der Waals surface area contributed by atoms with E-state index >= 15 is 0 Å². The number of hydrogen-bond acceptors (Lipinski definition) is 7. The summed E-state index contributed by atoms with van der Waals surface area (Å²) in [5.41, 5.74) is 0.660. The molecule has 0 bridgehead atoms. The van der Waals surface area contributed by atoms with Crippen LogP contribution in [-0.2, 0) is 10.0 Å². The molecule has 3 aromatic rings. The third-order valence-electron chi connectivity index (χ3n) is 4.79. The summed E-state index contributed by atoms with van der Waals surface area (Å²) in [6.45, 7) is 0.450. The molecule has 0 spiro atoms. The van der Waals surface area contributed by atoms with Gasteiger partial charge < -0.3 is 10.1 Å². The number of pyridine rings is 1. The van der Waals surface area contributed by atoms with Gasteiger partial charge >= 0.3 is 0 Å². The van der Waals surface area contributed by atoms with E-state index in [1.165, 1.54) is 4.31 Å². The van der Waals surface area contributed by atoms with Crippen molar-refractivity contribution in [3.63, 3.8) is 0 Å². The zero-order chi connectivity index (χ0) is 20.3. The molecule has 1 atom stereocenters. The Balaban J connectivity index is 1.60. The second-order valence-corrected chi connectivity index (χ2v) is 8.48. The molecule has 2 aromatic heterocycles. The van der Waals surface area contributed by atoms with Gasteiger partial charge in [-0.05, 0) is 55.3 Å². The minimum atomic E-state index is -3.65. The van der Waals surface area contributed by atoms with Gasteiger partial charge in [-0.25, -0.2) is 23.4 Å². The molecule has 3 heterocycles. The van der Waals surface area contributed by atoms with E-state index in [-0.39, 0.29) is 10.9 Å². The fraction of sp³-hybridized carbons (Fsp3) is 0.250. The number of anilines is 2. The van der Waals surface area contributed by atoms with Crippen molar-refractivity contribution in [3.8, 4) is 5.75 Å². The molecule has 1 aromatic carbocycles. The maximum Gasteiger partial charge on any atom is 0.243 e. The summed E-state index contributed by atoms with van der Waals surface area (Å²) in [6.07, 6.45) is 4.78. The fourth-order valence-corrected chi connectivity index (χ4v) is 5.04. The second kappa shape index (κ2) is 8.14. The number of ether oxygens (including phenoxy) is 1. The van der Waals surface area contributed by atoms with Gasteiger partial charge in [-0.2, -0.15) is 4.31 Å². The van der Waals surface area contributed by atoms with Crippen LogP contribution in [0.15, 0.2) is 65.8 Å². The Hall–Kier alpha value is -3.04. The number of nitrogens with one attached hydrogen (secondary N) is 1. The minimum absolute atomic E-state index is 0.242. The van der Waals surface area contributed by atoms with Gasteiger partial charge in [-0.3, -0.25) is 0 Å². The highest BCUT2D eigenvalue weighted by molar-refractivity contribution is 7.89. The summed E-state index contributed by atoms with van der Waals surface area (Å²) in [6, 6.07) is 13.4. The number of hydrogen-bond donors (Lipinski definition) is 1. The van der Waals surface area contributed by atoms with Gasteiger partial charge in [-0.1, -0.05) is 6.07 Å². The highest BCUT2D eigenvalue weighted by Gasteiger charge is 2.37. The zero-order valence-corrected chi connectivity index (χ0v) is 16.7. The van der Waals surface area contributed by atoms with Crippen LogP contribution < -0.4 is 10.1 Å². The molecule has 0 unspecified atom stereocenters. The van der Waals surface area contributed by atoms with Crippen molar-refractivity contribution in [2.75, 3.05) is 19.0 Å². The predicted molar refractivity (Wildman–Crippen MR) is 108 cm³/mol. The van der Waals surface area contributed by atoms with Gasteiger partial charge in [0.1, 0.15) is 11.6 Å². The molecule has 1 saturated heterocycles. The van der Waals surface area contributed by atoms with Crippen LogP contribution in [0.3, 0.4) is 0 Å². The van der Waals surface area contributed by atoms with E-state index in [0.29, 0.717) is 36.2 Å². The van der Waals surface area contributed by atoms with Crippen LogP contribution in [0.5, 0.6) is 5.75 Å². The van der Waals surface area contributed by atoms with Crippen molar-refractivity contribution in [1.29, 1.82) is 0 Å². The van der Waals surface area contributed by atoms with Crippen molar-refractivity contribution in [3.05, 3.63) is 66.6 Å². The lowest BCUT2D eigenvalue weighted by Gasteiger charge is -2.24. The SMILES string of the molecule is COc1ccc(S(=O)(=O)N2CCC[C@H]2c2ccnc(Nc3ccccn3)n2)cc1. The smallest absolute Gasteiger partial charge is 0.243 e. The van der Waals surface area contributed by atoms with Gasteiger partial charge in [0.05, 0.1) is 23.7 Å². The number of sulfonamides is 1. The molecule has 29 heavy (non-hydrogen) atoms. The van der Waals surface area contributed by atoms with E-state index in [1.54, 1.807) is 49.8 Å². The van der Waals surface area contributed by atoms with Crippen molar-refractivity contribution in [2.45, 2.75) is 23.8 Å². The number of aromatic nitrogens is 3. The molecule has 1 N–H and O–H groups in total. The Morgan fingerprint density at radius 1 is 1.07 bits per heavy atom. The Morgan fingerprint density at radius 2 is 1.90 bits per heavy atom. The molecule has 1 fully saturated rings. The number of methoxy groups -OCH3 is 1. The van der Waals surface area contributed by atoms with E-state index in [1.807, 2.05) is 18.2 Å². The first-order valence-electron chi connectivity index (χ1n) is 9.25. The average Bonchev–Trinajstić information content (AvgIpc) is 3.26. The van der Waals surface area contributed by atoms with Crippen molar-refractivity contribution in [1.82, 2.24) is 19.3 Å². The number of benzene rings is 1. The molecule has 0 saturated carbocycles. The van der Waals surface area contributed by atoms with E-state index in [9.17, 15) is 8.42 Å². The molecule has 0 amide bonds. The van der Waals surface area contributed by atoms with Crippen LogP contribution in [0.2, 0.25) is 0 Å². The van der Waals surface area contributed by atoms with Gasteiger partial charge in [0, 0.05) is 18.9 Å². The first kappa shape index (κ1) is 19.3. The third kappa shape index (κ3) is 4.06. The Labute approximate surface area is 169 Å². The molecule has 9 heteroatoms. The molecule has 150 valence electrons. The molecule has 8 nitrogen and oxygen atoms in total. The normalized spacial score (nSPS) is 17.2. The summed E-state index contributed by atoms with van der Waals surface area (Å²) < 4.78 is 33.1. The largest absolute Gasteiger partial charge is 0.497 e. The van der Waals surface area contributed by atoms with Crippen LogP contribution in [0.25, 0.3) is 0 Å². The summed E-state index contributed by atoms with van der Waals surface area (Å²) in [7, 11) is -2.10. The zero-order valence-electron chi connectivity index (χ0n) is 15.9. The van der Waals surface area contributed by atoms with Gasteiger partial charge in [0.15, 0.2) is 0 Å². The van der Waals surface area contributed by atoms with Gasteiger partial charge in [0.25, 0.3) is 0 Å². The van der Waals surface area contributed by atoms with E-state index < -0.39 is 10.0 Å². The van der Waals surface area contributed by atoms with Crippen LogP contribution in [0.4, 0.5) is 11.8 Å². The standard InChI is InChI=1S/C20H21N5O3S/c1-28-15-7-9-16(10-8-15)29(26,27)25-14-4-5-18(25)17-11-13-22-20(23-17)24-19-6-2-3-12-21-19/h2-3,6-13,18H,4-5,14H2,1H3,(H,21,22,23,24)/t18-/m0/s1. The van der Waals surface area contributed by atoms with Crippen LogP contribution in [-0.4, -0.2) is 41.3 Å². The summed E-state index contributed by atoms with van der Waals surface area (Å²) in [4.78, 5) is 13.2. The highest BCUT2D eigenvalue weighted by atomic mass is 32.2. The van der Waals surface area contributed by atoms with E-state index in [0.717, 1.165) is 6.42 Å². The van der Waals surface area contributed by atoms with Crippen LogP contribution in [0, 0.1) is 0 Å². The molecule has 4 rings (SSSR count). The Bertz CT molecular complexity index is 1070. The maximum absolute atomic E-state index is 13.2. The van der Waals surface area contributed by atoms with Crippen LogP contribution in [0.1, 0.15) is 24.6 Å². The van der Waals surface area contributed by atoms with Crippen molar-refractivity contribution < 1.29 is 13.2 Å². The first-order valence-corrected chi connectivity index (χ1v) is 10.7. The third-order valence-corrected chi connectivity index (χ3v) is 6.72. The molecule has 1 aliphatic heterocycles. The summed E-state index contributed by atoms with van der Waals surface area (Å²) in [5, 5.41) is 3.05. The van der Waals surface area contributed by atoms with E-state index in [2.05, 4.69) is 20.3 Å².